The van der Waals surface area contributed by atoms with Crippen molar-refractivity contribution in [3.05, 3.63) is 0 Å². The van der Waals surface area contributed by atoms with Gasteiger partial charge < -0.3 is 18.6 Å². The van der Waals surface area contributed by atoms with Crippen LogP contribution in [-0.2, 0) is 18.6 Å². The largest absolute Gasteiger partial charge is 0.413 e. The molecule has 2 fully saturated rings. The molecule has 0 aromatic carbocycles. The highest BCUT2D eigenvalue weighted by Gasteiger charge is 2.52. The fraction of sp³-hybridized carbons (Fsp3) is 0.889. The molecule has 0 radical (unpaired) electrons. The molecule has 0 N–H and O–H groups in total. The number of ether oxygens (including phenoxy) is 3. The van der Waals surface area contributed by atoms with E-state index in [1.165, 1.54) is 0 Å². The summed E-state index contributed by atoms with van der Waals surface area (Å²) in [5.41, 5.74) is 0. The second kappa shape index (κ2) is 6.85. The van der Waals surface area contributed by atoms with Crippen molar-refractivity contribution in [2.75, 3.05) is 13.7 Å². The van der Waals surface area contributed by atoms with Gasteiger partial charge in [0.05, 0.1) is 24.7 Å². The molecule has 0 unspecified atom stereocenters. The van der Waals surface area contributed by atoms with E-state index in [2.05, 4.69) is 46.7 Å². The summed E-state index contributed by atoms with van der Waals surface area (Å²) in [5.74, 6) is 3.37. The first-order valence-corrected chi connectivity index (χ1v) is 11.5. The van der Waals surface area contributed by atoms with Crippen molar-refractivity contribution in [1.82, 2.24) is 0 Å². The SMILES string of the molecule is C#C[C@@H]1C[C@@H](O[Si](C)(C)C(C)(C)C(C)C)[C@H]([C@H]2CO2)[C@@H](OC)O1. The third-order valence-corrected chi connectivity index (χ3v) is 10.7. The van der Waals surface area contributed by atoms with Gasteiger partial charge >= 0.3 is 0 Å². The molecule has 0 aromatic heterocycles. The molecule has 0 aromatic rings. The molecule has 2 saturated heterocycles. The first kappa shape index (κ1) is 18.9. The second-order valence-corrected chi connectivity index (χ2v) is 12.7. The maximum absolute atomic E-state index is 6.79. The summed E-state index contributed by atoms with van der Waals surface area (Å²) in [5, 5.41) is 0.161. The van der Waals surface area contributed by atoms with Gasteiger partial charge in [0.1, 0.15) is 6.10 Å². The first-order valence-electron chi connectivity index (χ1n) is 8.58. The number of terminal acetylenes is 1. The Balaban J connectivity index is 2.21. The van der Waals surface area contributed by atoms with Crippen molar-refractivity contribution >= 4 is 8.32 Å². The van der Waals surface area contributed by atoms with Crippen molar-refractivity contribution in [3.8, 4) is 12.3 Å². The predicted octanol–water partition coefficient (Wildman–Crippen LogP) is 3.42. The maximum atomic E-state index is 6.79. The molecule has 132 valence electrons. The van der Waals surface area contributed by atoms with Crippen LogP contribution in [0.4, 0.5) is 0 Å². The maximum Gasteiger partial charge on any atom is 0.192 e. The van der Waals surface area contributed by atoms with Gasteiger partial charge in [0.2, 0.25) is 0 Å². The van der Waals surface area contributed by atoms with Gasteiger partial charge in [-0.25, -0.2) is 0 Å². The number of epoxide rings is 1. The molecule has 0 aliphatic carbocycles. The zero-order chi connectivity index (χ0) is 17.4. The predicted molar refractivity (Wildman–Crippen MR) is 93.6 cm³/mol. The summed E-state index contributed by atoms with van der Waals surface area (Å²) < 4.78 is 23.8. The van der Waals surface area contributed by atoms with Crippen LogP contribution in [0, 0.1) is 24.2 Å². The standard InChI is InChI=1S/C18H32O4Si/c1-9-13-10-14(16(15-11-20-15)17(19-6)21-13)22-23(7,8)18(4,5)12(2)3/h1,12-17H,10-11H2,2-8H3/t13-,14-,15-,16-,17+/m1/s1. The fourth-order valence-electron chi connectivity index (χ4n) is 3.22. The van der Waals surface area contributed by atoms with E-state index in [4.69, 9.17) is 25.1 Å². The Kier molecular flexibility index (Phi) is 5.65. The summed E-state index contributed by atoms with van der Waals surface area (Å²) in [7, 11) is -0.298. The molecule has 5 atom stereocenters. The van der Waals surface area contributed by atoms with E-state index >= 15 is 0 Å². The third-order valence-electron chi connectivity index (χ3n) is 6.14. The van der Waals surface area contributed by atoms with E-state index in [-0.39, 0.29) is 35.6 Å². The zero-order valence-electron chi connectivity index (χ0n) is 15.6. The average Bonchev–Trinajstić information content (AvgIpc) is 3.29. The van der Waals surface area contributed by atoms with Gasteiger partial charge in [0.15, 0.2) is 14.6 Å². The number of methoxy groups -OCH3 is 1. The molecule has 0 saturated carbocycles. The summed E-state index contributed by atoms with van der Waals surface area (Å²) >= 11 is 0. The van der Waals surface area contributed by atoms with Crippen molar-refractivity contribution in [2.24, 2.45) is 11.8 Å². The monoisotopic (exact) mass is 340 g/mol. The highest BCUT2D eigenvalue weighted by atomic mass is 28.4. The number of hydrogen-bond donors (Lipinski definition) is 0. The van der Waals surface area contributed by atoms with Gasteiger partial charge in [-0.3, -0.25) is 0 Å². The Bertz CT molecular complexity index is 450. The van der Waals surface area contributed by atoms with Crippen LogP contribution >= 0.6 is 0 Å². The lowest BCUT2D eigenvalue weighted by atomic mass is 9.91. The third kappa shape index (κ3) is 3.83. The van der Waals surface area contributed by atoms with Crippen LogP contribution in [-0.4, -0.2) is 46.6 Å². The second-order valence-electron chi connectivity index (χ2n) is 8.12. The number of hydrogen-bond acceptors (Lipinski definition) is 4. The first-order chi connectivity index (χ1) is 10.6. The van der Waals surface area contributed by atoms with E-state index in [0.717, 1.165) is 6.61 Å². The molecule has 0 bridgehead atoms. The van der Waals surface area contributed by atoms with Gasteiger partial charge in [-0.2, -0.15) is 0 Å². The van der Waals surface area contributed by atoms with E-state index in [0.29, 0.717) is 12.3 Å². The highest BCUT2D eigenvalue weighted by molar-refractivity contribution is 6.74. The lowest BCUT2D eigenvalue weighted by Gasteiger charge is -2.48. The molecule has 2 aliphatic heterocycles. The Hall–Kier alpha value is -0.383. The normalized spacial score (nSPS) is 35.2. The van der Waals surface area contributed by atoms with Gasteiger partial charge in [-0.1, -0.05) is 33.6 Å². The summed E-state index contributed by atoms with van der Waals surface area (Å²) in [6.45, 7) is 14.5. The molecular formula is C18H32O4Si. The van der Waals surface area contributed by atoms with Crippen molar-refractivity contribution in [3.63, 3.8) is 0 Å². The average molecular weight is 341 g/mol. The van der Waals surface area contributed by atoms with Gasteiger partial charge in [-0.05, 0) is 24.1 Å². The van der Waals surface area contributed by atoms with Crippen LogP contribution in [0.3, 0.4) is 0 Å². The Labute approximate surface area is 142 Å². The summed E-state index contributed by atoms with van der Waals surface area (Å²) in [6.07, 6.45) is 5.91. The molecule has 0 spiro atoms. The minimum absolute atomic E-state index is 0.0296. The topological polar surface area (TPSA) is 40.2 Å². The molecule has 5 heteroatoms. The van der Waals surface area contributed by atoms with Crippen molar-refractivity contribution in [2.45, 2.75) is 76.8 Å². The van der Waals surface area contributed by atoms with E-state index in [9.17, 15) is 0 Å². The van der Waals surface area contributed by atoms with Crippen molar-refractivity contribution < 1.29 is 18.6 Å². The van der Waals surface area contributed by atoms with Crippen LogP contribution in [0.15, 0.2) is 0 Å². The zero-order valence-corrected chi connectivity index (χ0v) is 16.6. The molecule has 23 heavy (non-hydrogen) atoms. The van der Waals surface area contributed by atoms with Crippen LogP contribution in [0.5, 0.6) is 0 Å². The van der Waals surface area contributed by atoms with E-state index in [1.54, 1.807) is 7.11 Å². The minimum Gasteiger partial charge on any atom is -0.413 e. The molecule has 2 aliphatic rings. The number of rotatable bonds is 6. The Morgan fingerprint density at radius 2 is 1.91 bits per heavy atom. The van der Waals surface area contributed by atoms with E-state index < -0.39 is 8.32 Å². The molecule has 4 nitrogen and oxygen atoms in total. The Morgan fingerprint density at radius 3 is 2.35 bits per heavy atom. The van der Waals surface area contributed by atoms with Gasteiger partial charge in [-0.15, -0.1) is 6.42 Å². The summed E-state index contributed by atoms with van der Waals surface area (Å²) in [6, 6.07) is 0. The van der Waals surface area contributed by atoms with Gasteiger partial charge in [0.25, 0.3) is 0 Å². The Morgan fingerprint density at radius 1 is 1.30 bits per heavy atom. The highest BCUT2D eigenvalue weighted by Crippen LogP contribution is 2.47. The minimum atomic E-state index is -1.96. The smallest absolute Gasteiger partial charge is 0.192 e. The fourth-order valence-corrected chi connectivity index (χ4v) is 5.92. The molecule has 2 rings (SSSR count). The quantitative estimate of drug-likeness (QED) is 0.422. The van der Waals surface area contributed by atoms with Crippen LogP contribution in [0.1, 0.15) is 34.1 Å². The van der Waals surface area contributed by atoms with Crippen LogP contribution < -0.4 is 0 Å². The molecular weight excluding hydrogens is 308 g/mol. The van der Waals surface area contributed by atoms with Crippen LogP contribution in [0.2, 0.25) is 18.1 Å². The van der Waals surface area contributed by atoms with Gasteiger partial charge in [0, 0.05) is 13.5 Å². The van der Waals surface area contributed by atoms with Crippen LogP contribution in [0.25, 0.3) is 0 Å². The lowest BCUT2D eigenvalue weighted by Crippen LogP contribution is -2.55. The summed E-state index contributed by atoms with van der Waals surface area (Å²) in [4.78, 5) is 0. The van der Waals surface area contributed by atoms with Crippen molar-refractivity contribution in [1.29, 1.82) is 0 Å². The van der Waals surface area contributed by atoms with E-state index in [1.807, 2.05) is 0 Å². The lowest BCUT2D eigenvalue weighted by molar-refractivity contribution is -0.225. The molecule has 2 heterocycles. The molecule has 0 amide bonds.